The maximum atomic E-state index is 13.4. The van der Waals surface area contributed by atoms with E-state index in [0.717, 1.165) is 35.1 Å². The van der Waals surface area contributed by atoms with Gasteiger partial charge in [0.2, 0.25) is 0 Å². The van der Waals surface area contributed by atoms with E-state index in [1.165, 1.54) is 12.1 Å². The number of ether oxygens (including phenoxy) is 1. The number of anilines is 1. The van der Waals surface area contributed by atoms with Crippen LogP contribution in [0.3, 0.4) is 0 Å². The molecule has 6 heteroatoms. The third-order valence-corrected chi connectivity index (χ3v) is 4.82. The molecule has 0 spiro atoms. The molecule has 0 unspecified atom stereocenters. The van der Waals surface area contributed by atoms with E-state index in [2.05, 4.69) is 16.4 Å². The average molecular weight is 402 g/mol. The Kier molecular flexibility index (Phi) is 5.84. The van der Waals surface area contributed by atoms with Crippen LogP contribution in [0.5, 0.6) is 5.75 Å². The number of hydrogen-bond donors (Lipinski definition) is 1. The summed E-state index contributed by atoms with van der Waals surface area (Å²) in [5.41, 5.74) is 3.25. The molecular formula is C24H23FN4O. The Morgan fingerprint density at radius 3 is 2.67 bits per heavy atom. The van der Waals surface area contributed by atoms with E-state index < -0.39 is 0 Å². The second-order valence-electron chi connectivity index (χ2n) is 6.83. The van der Waals surface area contributed by atoms with Crippen molar-refractivity contribution in [3.8, 4) is 16.9 Å². The molecule has 3 aromatic rings. The molecule has 0 amide bonds. The van der Waals surface area contributed by atoms with Crippen LogP contribution in [-0.4, -0.2) is 29.8 Å². The van der Waals surface area contributed by atoms with E-state index in [4.69, 9.17) is 14.7 Å². The smallest absolute Gasteiger partial charge is 0.180 e. The highest BCUT2D eigenvalue weighted by atomic mass is 19.1. The molecule has 0 saturated heterocycles. The lowest BCUT2D eigenvalue weighted by atomic mass is 10.0. The van der Waals surface area contributed by atoms with Gasteiger partial charge in [-0.05, 0) is 61.2 Å². The first-order valence-corrected chi connectivity index (χ1v) is 10.0. The Bertz CT molecular complexity index is 1150. The van der Waals surface area contributed by atoms with Crippen molar-refractivity contribution < 1.29 is 9.13 Å². The van der Waals surface area contributed by atoms with Crippen LogP contribution in [0.25, 0.3) is 27.7 Å². The largest absolute Gasteiger partial charge is 0.492 e. The van der Waals surface area contributed by atoms with Crippen LogP contribution in [-0.2, 0) is 0 Å². The molecule has 5 nitrogen and oxygen atoms in total. The number of halogens is 1. The van der Waals surface area contributed by atoms with Crippen molar-refractivity contribution in [2.24, 2.45) is 4.99 Å². The SMILES string of the molecule is CCOc1cc(-c2ccc(F)cc2)cc2c(NC)nc(C3=CCCC=CC=N3)nc12. The van der Waals surface area contributed by atoms with Gasteiger partial charge in [-0.1, -0.05) is 24.3 Å². The summed E-state index contributed by atoms with van der Waals surface area (Å²) in [7, 11) is 1.83. The third kappa shape index (κ3) is 4.08. The van der Waals surface area contributed by atoms with Gasteiger partial charge in [0.05, 0.1) is 6.61 Å². The van der Waals surface area contributed by atoms with Crippen molar-refractivity contribution in [2.75, 3.05) is 19.0 Å². The minimum atomic E-state index is -0.267. The van der Waals surface area contributed by atoms with E-state index in [9.17, 15) is 4.39 Å². The minimum absolute atomic E-state index is 0.267. The third-order valence-electron chi connectivity index (χ3n) is 4.82. The molecule has 0 bridgehead atoms. The summed E-state index contributed by atoms with van der Waals surface area (Å²) in [5.74, 6) is 1.63. The summed E-state index contributed by atoms with van der Waals surface area (Å²) in [6.45, 7) is 2.44. The van der Waals surface area contributed by atoms with Crippen molar-refractivity contribution in [2.45, 2.75) is 19.8 Å². The first-order valence-electron chi connectivity index (χ1n) is 10.0. The van der Waals surface area contributed by atoms with Gasteiger partial charge in [-0.25, -0.2) is 14.4 Å². The Labute approximate surface area is 175 Å². The lowest BCUT2D eigenvalue weighted by molar-refractivity contribution is 0.343. The maximum Gasteiger partial charge on any atom is 0.180 e. The van der Waals surface area contributed by atoms with Gasteiger partial charge in [-0.15, -0.1) is 0 Å². The first kappa shape index (κ1) is 19.8. The molecule has 0 saturated carbocycles. The van der Waals surface area contributed by atoms with Crippen LogP contribution in [0, 0.1) is 5.82 Å². The second-order valence-corrected chi connectivity index (χ2v) is 6.83. The topological polar surface area (TPSA) is 59.4 Å². The van der Waals surface area contributed by atoms with Crippen molar-refractivity contribution in [3.05, 3.63) is 66.3 Å². The zero-order chi connectivity index (χ0) is 20.9. The van der Waals surface area contributed by atoms with E-state index >= 15 is 0 Å². The summed E-state index contributed by atoms with van der Waals surface area (Å²) in [4.78, 5) is 14.0. The predicted octanol–water partition coefficient (Wildman–Crippen LogP) is 5.64. The molecule has 0 fully saturated rings. The number of aliphatic imine (C=N–C) groups is 1. The Morgan fingerprint density at radius 1 is 1.07 bits per heavy atom. The molecule has 1 aliphatic heterocycles. The van der Waals surface area contributed by atoms with Gasteiger partial charge in [0, 0.05) is 18.6 Å². The van der Waals surface area contributed by atoms with Gasteiger partial charge in [0.25, 0.3) is 0 Å². The Hall–Kier alpha value is -3.54. The number of aromatic nitrogens is 2. The van der Waals surface area contributed by atoms with Crippen LogP contribution < -0.4 is 10.1 Å². The van der Waals surface area contributed by atoms with Gasteiger partial charge in [-0.2, -0.15) is 0 Å². The number of nitrogens with zero attached hydrogens (tertiary/aromatic N) is 3. The number of rotatable bonds is 5. The van der Waals surface area contributed by atoms with Gasteiger partial charge in [0.15, 0.2) is 5.82 Å². The Balaban J connectivity index is 1.91. The van der Waals surface area contributed by atoms with Crippen LogP contribution in [0.15, 0.2) is 59.6 Å². The normalized spacial score (nSPS) is 13.6. The van der Waals surface area contributed by atoms with Crippen LogP contribution in [0.2, 0.25) is 0 Å². The molecule has 1 N–H and O–H groups in total. The quantitative estimate of drug-likeness (QED) is 0.600. The van der Waals surface area contributed by atoms with Crippen molar-refractivity contribution >= 4 is 28.6 Å². The summed E-state index contributed by atoms with van der Waals surface area (Å²) >= 11 is 0. The van der Waals surface area contributed by atoms with Crippen molar-refractivity contribution in [3.63, 3.8) is 0 Å². The molecule has 152 valence electrons. The first-order chi connectivity index (χ1) is 14.7. The standard InChI is InChI=1S/C24H23FN4O/c1-3-30-21-15-17(16-9-11-18(25)12-10-16)14-19-22(21)28-24(29-23(19)26-2)20-8-6-4-5-7-13-27-20/h5,7-15H,3-4,6H2,1-2H3,(H,26,28,29). The van der Waals surface area contributed by atoms with E-state index in [1.54, 1.807) is 18.3 Å². The fraction of sp³-hybridized carbons (Fsp3) is 0.208. The van der Waals surface area contributed by atoms with Gasteiger partial charge in [-0.3, -0.25) is 4.99 Å². The molecule has 30 heavy (non-hydrogen) atoms. The number of benzene rings is 2. The van der Waals surface area contributed by atoms with E-state index in [1.807, 2.05) is 38.3 Å². The number of allylic oxidation sites excluding steroid dienone is 3. The molecule has 0 aliphatic carbocycles. The molecule has 1 aliphatic rings. The number of fused-ring (bicyclic) bond motifs is 1. The molecule has 2 heterocycles. The monoisotopic (exact) mass is 402 g/mol. The fourth-order valence-corrected chi connectivity index (χ4v) is 3.38. The highest BCUT2D eigenvalue weighted by Gasteiger charge is 2.16. The molecular weight excluding hydrogens is 379 g/mol. The summed E-state index contributed by atoms with van der Waals surface area (Å²) in [6, 6.07) is 10.3. The van der Waals surface area contributed by atoms with Gasteiger partial charge < -0.3 is 10.1 Å². The maximum absolute atomic E-state index is 13.4. The number of hydrogen-bond acceptors (Lipinski definition) is 5. The number of nitrogens with one attached hydrogen (secondary N) is 1. The summed E-state index contributed by atoms with van der Waals surface area (Å²) in [5, 5.41) is 4.01. The van der Waals surface area contributed by atoms with Crippen LogP contribution in [0.1, 0.15) is 25.6 Å². The summed E-state index contributed by atoms with van der Waals surface area (Å²) < 4.78 is 19.3. The molecule has 1 aromatic heterocycles. The zero-order valence-corrected chi connectivity index (χ0v) is 17.0. The summed E-state index contributed by atoms with van der Waals surface area (Å²) in [6.07, 6.45) is 9.66. The zero-order valence-electron chi connectivity index (χ0n) is 17.0. The Morgan fingerprint density at radius 2 is 1.90 bits per heavy atom. The molecule has 2 aromatic carbocycles. The van der Waals surface area contributed by atoms with Gasteiger partial charge >= 0.3 is 0 Å². The van der Waals surface area contributed by atoms with Crippen LogP contribution >= 0.6 is 0 Å². The van der Waals surface area contributed by atoms with Gasteiger partial charge in [0.1, 0.15) is 28.6 Å². The van der Waals surface area contributed by atoms with Crippen molar-refractivity contribution in [1.29, 1.82) is 0 Å². The minimum Gasteiger partial charge on any atom is -0.492 e. The predicted molar refractivity (Wildman–Crippen MR) is 120 cm³/mol. The van der Waals surface area contributed by atoms with Crippen LogP contribution in [0.4, 0.5) is 10.2 Å². The fourth-order valence-electron chi connectivity index (χ4n) is 3.38. The molecule has 0 atom stereocenters. The molecule has 4 rings (SSSR count). The van der Waals surface area contributed by atoms with E-state index in [-0.39, 0.29) is 5.82 Å². The highest BCUT2D eigenvalue weighted by molar-refractivity contribution is 5.97. The molecule has 0 radical (unpaired) electrons. The van der Waals surface area contributed by atoms with Crippen molar-refractivity contribution in [1.82, 2.24) is 9.97 Å². The van der Waals surface area contributed by atoms with E-state index in [0.29, 0.717) is 29.5 Å². The second kappa shape index (κ2) is 8.86. The lowest BCUT2D eigenvalue weighted by Gasteiger charge is -2.14. The average Bonchev–Trinajstić information content (AvgIpc) is 2.73. The highest BCUT2D eigenvalue weighted by Crippen LogP contribution is 2.35. The lowest BCUT2D eigenvalue weighted by Crippen LogP contribution is -2.04.